The average molecular weight is 198 g/mol. The summed E-state index contributed by atoms with van der Waals surface area (Å²) in [7, 11) is 0. The Morgan fingerprint density at radius 3 is 2.64 bits per heavy atom. The Kier molecular flexibility index (Phi) is 2.96. The first kappa shape index (κ1) is 10.4. The van der Waals surface area contributed by atoms with E-state index < -0.39 is 17.6 Å². The third kappa shape index (κ3) is 2.16. The van der Waals surface area contributed by atoms with Crippen LogP contribution in [0, 0.1) is 18.6 Å². The van der Waals surface area contributed by atoms with Gasteiger partial charge in [0.2, 0.25) is 0 Å². The summed E-state index contributed by atoms with van der Waals surface area (Å²) in [5.41, 5.74) is -0.0520. The number of aliphatic carboxylic acids is 1. The van der Waals surface area contributed by atoms with Crippen molar-refractivity contribution < 1.29 is 18.7 Å². The Bertz CT molecular complexity index is 397. The van der Waals surface area contributed by atoms with Crippen molar-refractivity contribution in [1.29, 1.82) is 0 Å². The predicted octanol–water partition coefficient (Wildman–Crippen LogP) is 2.37. The van der Waals surface area contributed by atoms with Crippen molar-refractivity contribution in [2.45, 2.75) is 6.92 Å². The lowest BCUT2D eigenvalue weighted by Crippen LogP contribution is -1.93. The van der Waals surface area contributed by atoms with Gasteiger partial charge in [0.05, 0.1) is 0 Å². The molecule has 0 aliphatic carbocycles. The van der Waals surface area contributed by atoms with Gasteiger partial charge in [-0.15, -0.1) is 0 Å². The SMILES string of the molecule is Cc1ccc(F)c(C=CC(=O)O)c1F. The number of halogens is 2. The average Bonchev–Trinajstić information content (AvgIpc) is 2.11. The van der Waals surface area contributed by atoms with Crippen LogP contribution < -0.4 is 0 Å². The molecule has 14 heavy (non-hydrogen) atoms. The number of hydrogen-bond acceptors (Lipinski definition) is 1. The van der Waals surface area contributed by atoms with Crippen molar-refractivity contribution in [3.63, 3.8) is 0 Å². The monoisotopic (exact) mass is 198 g/mol. The molecule has 0 heterocycles. The van der Waals surface area contributed by atoms with E-state index >= 15 is 0 Å². The fourth-order valence-electron chi connectivity index (χ4n) is 0.986. The van der Waals surface area contributed by atoms with Crippen LogP contribution in [0.2, 0.25) is 0 Å². The van der Waals surface area contributed by atoms with E-state index in [2.05, 4.69) is 0 Å². The summed E-state index contributed by atoms with van der Waals surface area (Å²) in [6.07, 6.45) is 1.60. The van der Waals surface area contributed by atoms with Crippen LogP contribution >= 0.6 is 0 Å². The summed E-state index contributed by atoms with van der Waals surface area (Å²) >= 11 is 0. The molecular formula is C10H8F2O2. The summed E-state index contributed by atoms with van der Waals surface area (Å²) in [6.45, 7) is 1.48. The van der Waals surface area contributed by atoms with Crippen molar-refractivity contribution in [1.82, 2.24) is 0 Å². The molecule has 1 N–H and O–H groups in total. The summed E-state index contributed by atoms with van der Waals surface area (Å²) in [4.78, 5) is 10.1. The first-order chi connectivity index (χ1) is 6.52. The molecule has 0 atom stereocenters. The Hall–Kier alpha value is -1.71. The van der Waals surface area contributed by atoms with E-state index in [1.165, 1.54) is 13.0 Å². The Morgan fingerprint density at radius 1 is 1.43 bits per heavy atom. The van der Waals surface area contributed by atoms with Crippen molar-refractivity contribution in [3.8, 4) is 0 Å². The first-order valence-corrected chi connectivity index (χ1v) is 3.88. The molecule has 2 nitrogen and oxygen atoms in total. The second kappa shape index (κ2) is 4.00. The molecule has 1 aromatic rings. The van der Waals surface area contributed by atoms with Gasteiger partial charge in [0, 0.05) is 11.6 Å². The smallest absolute Gasteiger partial charge is 0.328 e. The molecule has 0 radical (unpaired) electrons. The Balaban J connectivity index is 3.19. The number of carbonyl (C=O) groups is 1. The second-order valence-electron chi connectivity index (χ2n) is 2.76. The maximum absolute atomic E-state index is 13.2. The minimum atomic E-state index is -1.25. The number of carboxylic acids is 1. The Morgan fingerprint density at radius 2 is 2.07 bits per heavy atom. The zero-order valence-corrected chi connectivity index (χ0v) is 7.42. The maximum Gasteiger partial charge on any atom is 0.328 e. The molecule has 0 aliphatic heterocycles. The zero-order valence-electron chi connectivity index (χ0n) is 7.42. The van der Waals surface area contributed by atoms with E-state index in [0.717, 1.165) is 12.1 Å². The second-order valence-corrected chi connectivity index (χ2v) is 2.76. The van der Waals surface area contributed by atoms with Crippen molar-refractivity contribution in [3.05, 3.63) is 41.0 Å². The largest absolute Gasteiger partial charge is 0.478 e. The van der Waals surface area contributed by atoms with Gasteiger partial charge < -0.3 is 5.11 Å². The van der Waals surface area contributed by atoms with Crippen LogP contribution in [0.15, 0.2) is 18.2 Å². The van der Waals surface area contributed by atoms with E-state index in [0.29, 0.717) is 6.08 Å². The van der Waals surface area contributed by atoms with Crippen LogP contribution in [0.4, 0.5) is 8.78 Å². The fourth-order valence-corrected chi connectivity index (χ4v) is 0.986. The molecule has 0 spiro atoms. The van der Waals surface area contributed by atoms with Crippen LogP contribution in [0.25, 0.3) is 6.08 Å². The highest BCUT2D eigenvalue weighted by molar-refractivity contribution is 5.85. The van der Waals surface area contributed by atoms with Crippen LogP contribution in [0.5, 0.6) is 0 Å². The lowest BCUT2D eigenvalue weighted by molar-refractivity contribution is -0.131. The number of benzene rings is 1. The van der Waals surface area contributed by atoms with Crippen molar-refractivity contribution in [2.75, 3.05) is 0 Å². The van der Waals surface area contributed by atoms with Crippen LogP contribution in [0.1, 0.15) is 11.1 Å². The van der Waals surface area contributed by atoms with Crippen LogP contribution in [0.3, 0.4) is 0 Å². The molecule has 0 unspecified atom stereocenters. The molecular weight excluding hydrogens is 190 g/mol. The van der Waals surface area contributed by atoms with Crippen molar-refractivity contribution >= 4 is 12.0 Å². The van der Waals surface area contributed by atoms with Gasteiger partial charge in [0.15, 0.2) is 0 Å². The van der Waals surface area contributed by atoms with E-state index in [4.69, 9.17) is 5.11 Å². The van der Waals surface area contributed by atoms with Gasteiger partial charge in [-0.25, -0.2) is 13.6 Å². The van der Waals surface area contributed by atoms with E-state index in [1.807, 2.05) is 0 Å². The van der Waals surface area contributed by atoms with E-state index in [9.17, 15) is 13.6 Å². The lowest BCUT2D eigenvalue weighted by atomic mass is 10.1. The highest BCUT2D eigenvalue weighted by atomic mass is 19.1. The molecule has 0 saturated heterocycles. The van der Waals surface area contributed by atoms with Crippen molar-refractivity contribution in [2.24, 2.45) is 0 Å². The first-order valence-electron chi connectivity index (χ1n) is 3.88. The number of aryl methyl sites for hydroxylation is 1. The minimum absolute atomic E-state index is 0.274. The number of carboxylic acid groups (broad SMARTS) is 1. The number of hydrogen-bond donors (Lipinski definition) is 1. The highest BCUT2D eigenvalue weighted by Crippen LogP contribution is 2.17. The molecule has 0 aromatic heterocycles. The van der Waals surface area contributed by atoms with E-state index in [1.54, 1.807) is 0 Å². The summed E-state index contributed by atoms with van der Waals surface area (Å²) < 4.78 is 26.2. The van der Waals surface area contributed by atoms with Gasteiger partial charge in [0.1, 0.15) is 11.6 Å². The van der Waals surface area contributed by atoms with Gasteiger partial charge in [-0.05, 0) is 24.6 Å². The normalized spacial score (nSPS) is 10.8. The highest BCUT2D eigenvalue weighted by Gasteiger charge is 2.08. The molecule has 4 heteroatoms. The summed E-state index contributed by atoms with van der Waals surface area (Å²) in [5, 5.41) is 8.29. The predicted molar refractivity (Wildman–Crippen MR) is 47.8 cm³/mol. The topological polar surface area (TPSA) is 37.3 Å². The Labute approximate surface area is 79.5 Å². The molecule has 0 saturated carbocycles. The molecule has 0 amide bonds. The zero-order chi connectivity index (χ0) is 10.7. The summed E-state index contributed by atoms with van der Waals surface area (Å²) in [5.74, 6) is -2.75. The summed E-state index contributed by atoms with van der Waals surface area (Å²) in [6, 6.07) is 2.39. The lowest BCUT2D eigenvalue weighted by Gasteiger charge is -2.01. The molecule has 1 aromatic carbocycles. The quantitative estimate of drug-likeness (QED) is 0.740. The molecule has 0 bridgehead atoms. The van der Waals surface area contributed by atoms with Crippen LogP contribution in [-0.4, -0.2) is 11.1 Å². The molecule has 74 valence electrons. The van der Waals surface area contributed by atoms with Crippen LogP contribution in [-0.2, 0) is 4.79 Å². The third-order valence-electron chi connectivity index (χ3n) is 1.71. The van der Waals surface area contributed by atoms with Gasteiger partial charge in [0.25, 0.3) is 0 Å². The van der Waals surface area contributed by atoms with Gasteiger partial charge in [-0.3, -0.25) is 0 Å². The van der Waals surface area contributed by atoms with Gasteiger partial charge >= 0.3 is 5.97 Å². The van der Waals surface area contributed by atoms with E-state index in [-0.39, 0.29) is 11.1 Å². The molecule has 1 rings (SSSR count). The number of rotatable bonds is 2. The maximum atomic E-state index is 13.2. The minimum Gasteiger partial charge on any atom is -0.478 e. The molecule has 0 aliphatic rings. The third-order valence-corrected chi connectivity index (χ3v) is 1.71. The molecule has 0 fully saturated rings. The van der Waals surface area contributed by atoms with Gasteiger partial charge in [-0.1, -0.05) is 6.07 Å². The fraction of sp³-hybridized carbons (Fsp3) is 0.100. The standard InChI is InChI=1S/C10H8F2O2/c1-6-2-4-8(11)7(10(6)12)3-5-9(13)14/h2-5H,1H3,(H,13,14). The van der Waals surface area contributed by atoms with Gasteiger partial charge in [-0.2, -0.15) is 0 Å².